The number of nitrogens with one attached hydrogen (secondary N) is 1. The van der Waals surface area contributed by atoms with Crippen molar-refractivity contribution in [1.82, 2.24) is 15.2 Å². The molecule has 1 aliphatic rings. The van der Waals surface area contributed by atoms with Crippen LogP contribution in [-0.4, -0.2) is 41.0 Å². The summed E-state index contributed by atoms with van der Waals surface area (Å²) in [5.74, 6) is 0.580. The second-order valence-corrected chi connectivity index (χ2v) is 7.22. The maximum Gasteiger partial charge on any atom is 0.239 e. The summed E-state index contributed by atoms with van der Waals surface area (Å²) in [6, 6.07) is 4.11. The van der Waals surface area contributed by atoms with E-state index in [-0.39, 0.29) is 5.91 Å². The Morgan fingerprint density at radius 3 is 2.74 bits per heavy atom. The van der Waals surface area contributed by atoms with Gasteiger partial charge >= 0.3 is 0 Å². The van der Waals surface area contributed by atoms with Gasteiger partial charge in [0.1, 0.15) is 0 Å². The van der Waals surface area contributed by atoms with Crippen LogP contribution in [0.2, 0.25) is 0 Å². The van der Waals surface area contributed by atoms with Gasteiger partial charge in [0.05, 0.1) is 5.54 Å². The molecule has 4 nitrogen and oxygen atoms in total. The predicted octanol–water partition coefficient (Wildman–Crippen LogP) is 3.03. The Morgan fingerprint density at radius 2 is 2.17 bits per heavy atom. The van der Waals surface area contributed by atoms with E-state index in [9.17, 15) is 4.79 Å². The number of aryl methyl sites for hydroxylation is 1. The SMILES string of the molecule is Cc1ncccc1C1=CCN(C(C)(C)C(=O)NCC(C)C)CC1. The van der Waals surface area contributed by atoms with Gasteiger partial charge in [-0.2, -0.15) is 0 Å². The van der Waals surface area contributed by atoms with Crippen LogP contribution in [0.5, 0.6) is 0 Å². The highest BCUT2D eigenvalue weighted by atomic mass is 16.2. The molecule has 0 fully saturated rings. The van der Waals surface area contributed by atoms with Gasteiger partial charge in [-0.1, -0.05) is 26.0 Å². The third-order valence-electron chi connectivity index (χ3n) is 4.58. The van der Waals surface area contributed by atoms with Crippen molar-refractivity contribution in [3.8, 4) is 0 Å². The first-order chi connectivity index (χ1) is 10.8. The minimum atomic E-state index is -0.485. The highest BCUT2D eigenvalue weighted by Gasteiger charge is 2.35. The van der Waals surface area contributed by atoms with E-state index in [0.29, 0.717) is 5.92 Å². The summed E-state index contributed by atoms with van der Waals surface area (Å²) in [7, 11) is 0. The molecule has 0 aliphatic carbocycles. The molecule has 0 saturated carbocycles. The van der Waals surface area contributed by atoms with Gasteiger partial charge in [0, 0.05) is 31.5 Å². The van der Waals surface area contributed by atoms with Crippen LogP contribution < -0.4 is 5.32 Å². The van der Waals surface area contributed by atoms with Gasteiger partial charge in [-0.25, -0.2) is 0 Å². The molecular weight excluding hydrogens is 286 g/mol. The highest BCUT2D eigenvalue weighted by Crippen LogP contribution is 2.27. The molecule has 2 heterocycles. The Bertz CT molecular complexity index is 590. The normalized spacial score (nSPS) is 16.3. The summed E-state index contributed by atoms with van der Waals surface area (Å²) in [5, 5.41) is 3.06. The molecule has 2 rings (SSSR count). The molecular formula is C19H29N3O. The van der Waals surface area contributed by atoms with E-state index in [1.54, 1.807) is 0 Å². The van der Waals surface area contributed by atoms with Gasteiger partial charge in [0.25, 0.3) is 0 Å². The van der Waals surface area contributed by atoms with Crippen LogP contribution in [0.4, 0.5) is 0 Å². The highest BCUT2D eigenvalue weighted by molar-refractivity contribution is 5.85. The number of pyridine rings is 1. The molecule has 1 aromatic rings. The zero-order chi connectivity index (χ0) is 17.0. The number of carbonyl (C=O) groups excluding carboxylic acids is 1. The van der Waals surface area contributed by atoms with E-state index in [1.165, 1.54) is 11.1 Å². The number of carbonyl (C=O) groups is 1. The standard InChI is InChI=1S/C19H29N3O/c1-14(2)13-21-18(23)19(4,5)22-11-8-16(9-12-22)17-7-6-10-20-15(17)3/h6-8,10,14H,9,11-13H2,1-5H3,(H,21,23). The van der Waals surface area contributed by atoms with Crippen LogP contribution in [0, 0.1) is 12.8 Å². The summed E-state index contributed by atoms with van der Waals surface area (Å²) in [6.45, 7) is 12.7. The van der Waals surface area contributed by atoms with Crippen molar-refractivity contribution < 1.29 is 4.79 Å². The molecule has 1 aliphatic heterocycles. The molecule has 23 heavy (non-hydrogen) atoms. The van der Waals surface area contributed by atoms with Crippen molar-refractivity contribution >= 4 is 11.5 Å². The van der Waals surface area contributed by atoms with Crippen molar-refractivity contribution in [2.45, 2.75) is 46.6 Å². The predicted molar refractivity (Wildman–Crippen MR) is 95.1 cm³/mol. The van der Waals surface area contributed by atoms with Crippen LogP contribution in [0.15, 0.2) is 24.4 Å². The number of amides is 1. The Labute approximate surface area is 140 Å². The molecule has 4 heteroatoms. The van der Waals surface area contributed by atoms with Crippen molar-refractivity contribution in [2.75, 3.05) is 19.6 Å². The molecule has 0 atom stereocenters. The largest absolute Gasteiger partial charge is 0.354 e. The lowest BCUT2D eigenvalue weighted by molar-refractivity contribution is -0.131. The number of aromatic nitrogens is 1. The van der Waals surface area contributed by atoms with Crippen LogP contribution in [0.25, 0.3) is 5.57 Å². The molecule has 126 valence electrons. The fraction of sp³-hybridized carbons (Fsp3) is 0.579. The maximum absolute atomic E-state index is 12.5. The Balaban J connectivity index is 2.05. The molecule has 1 aromatic heterocycles. The summed E-state index contributed by atoms with van der Waals surface area (Å²) < 4.78 is 0. The zero-order valence-corrected chi connectivity index (χ0v) is 15.0. The van der Waals surface area contributed by atoms with Crippen LogP contribution in [0.3, 0.4) is 0 Å². The average molecular weight is 315 g/mol. The zero-order valence-electron chi connectivity index (χ0n) is 15.0. The van der Waals surface area contributed by atoms with Crippen LogP contribution in [-0.2, 0) is 4.79 Å². The quantitative estimate of drug-likeness (QED) is 0.908. The minimum Gasteiger partial charge on any atom is -0.354 e. The molecule has 1 amide bonds. The maximum atomic E-state index is 12.5. The Morgan fingerprint density at radius 1 is 1.43 bits per heavy atom. The first-order valence-electron chi connectivity index (χ1n) is 8.46. The average Bonchev–Trinajstić information content (AvgIpc) is 2.53. The van der Waals surface area contributed by atoms with Gasteiger partial charge in [-0.05, 0) is 50.3 Å². The molecule has 0 spiro atoms. The van der Waals surface area contributed by atoms with Crippen LogP contribution in [0.1, 0.15) is 45.4 Å². The van der Waals surface area contributed by atoms with E-state index in [0.717, 1.165) is 31.7 Å². The fourth-order valence-corrected chi connectivity index (χ4v) is 2.90. The van der Waals surface area contributed by atoms with Gasteiger partial charge in [0.15, 0.2) is 0 Å². The number of hydrogen-bond acceptors (Lipinski definition) is 3. The van der Waals surface area contributed by atoms with E-state index in [2.05, 4.69) is 41.2 Å². The first kappa shape index (κ1) is 17.7. The number of hydrogen-bond donors (Lipinski definition) is 1. The lowest BCUT2D eigenvalue weighted by Crippen LogP contribution is -2.56. The third kappa shape index (κ3) is 4.20. The topological polar surface area (TPSA) is 45.2 Å². The molecule has 0 aromatic carbocycles. The van der Waals surface area contributed by atoms with Crippen molar-refractivity contribution in [1.29, 1.82) is 0 Å². The molecule has 0 saturated heterocycles. The summed E-state index contributed by atoms with van der Waals surface area (Å²) >= 11 is 0. The minimum absolute atomic E-state index is 0.112. The molecule has 0 bridgehead atoms. The van der Waals surface area contributed by atoms with E-state index in [4.69, 9.17) is 0 Å². The third-order valence-corrected chi connectivity index (χ3v) is 4.58. The second kappa shape index (κ2) is 7.26. The molecule has 0 unspecified atom stereocenters. The van der Waals surface area contributed by atoms with Crippen molar-refractivity contribution in [2.24, 2.45) is 5.92 Å². The fourth-order valence-electron chi connectivity index (χ4n) is 2.90. The monoisotopic (exact) mass is 315 g/mol. The first-order valence-corrected chi connectivity index (χ1v) is 8.46. The van der Waals surface area contributed by atoms with E-state index < -0.39 is 5.54 Å². The van der Waals surface area contributed by atoms with Crippen LogP contribution >= 0.6 is 0 Å². The van der Waals surface area contributed by atoms with Crippen molar-refractivity contribution in [3.05, 3.63) is 35.7 Å². The Hall–Kier alpha value is -1.68. The smallest absolute Gasteiger partial charge is 0.239 e. The number of rotatable bonds is 5. The second-order valence-electron chi connectivity index (χ2n) is 7.22. The van der Waals surface area contributed by atoms with Gasteiger partial charge in [0.2, 0.25) is 5.91 Å². The molecule has 0 radical (unpaired) electrons. The lowest BCUT2D eigenvalue weighted by Gasteiger charge is -2.39. The number of nitrogens with zero attached hydrogens (tertiary/aromatic N) is 2. The Kier molecular flexibility index (Phi) is 5.58. The van der Waals surface area contributed by atoms with Gasteiger partial charge in [-0.3, -0.25) is 14.7 Å². The summed E-state index contributed by atoms with van der Waals surface area (Å²) in [4.78, 5) is 19.1. The van der Waals surface area contributed by atoms with Crippen molar-refractivity contribution in [3.63, 3.8) is 0 Å². The lowest BCUT2D eigenvalue weighted by atomic mass is 9.94. The molecule has 1 N–H and O–H groups in total. The summed E-state index contributed by atoms with van der Waals surface area (Å²) in [6.07, 6.45) is 5.02. The van der Waals surface area contributed by atoms with E-state index >= 15 is 0 Å². The van der Waals surface area contributed by atoms with E-state index in [1.807, 2.05) is 33.0 Å². The van der Waals surface area contributed by atoms with Gasteiger partial charge < -0.3 is 5.32 Å². The van der Waals surface area contributed by atoms with Gasteiger partial charge in [-0.15, -0.1) is 0 Å². The summed E-state index contributed by atoms with van der Waals surface area (Å²) in [5.41, 5.74) is 3.15.